The van der Waals surface area contributed by atoms with Gasteiger partial charge in [0, 0.05) is 43.8 Å². The van der Waals surface area contributed by atoms with Crippen molar-refractivity contribution >= 4 is 43.6 Å². The fourth-order valence-electron chi connectivity index (χ4n) is 10.2. The number of benzene rings is 7. The van der Waals surface area contributed by atoms with Crippen LogP contribution in [-0.4, -0.2) is 14.1 Å². The molecule has 0 aliphatic rings. The SMILES string of the molecule is CC(C)(C)c1ccc2c(c1)c1cc(C(C)(C)C)ccc1n2-c1nc(-c2ccccc2)c(-n2c3ccc(C(C)(C)C)cc3c3cc(C(C)(C)C)ccc32)c(-c2cccc(C#N)c2C#N)c1-c1ccccc1. The van der Waals surface area contributed by atoms with Gasteiger partial charge >= 0.3 is 0 Å². The van der Waals surface area contributed by atoms with Crippen molar-refractivity contribution < 1.29 is 0 Å². The number of hydrogen-bond acceptors (Lipinski definition) is 3. The topological polar surface area (TPSA) is 70.3 Å². The molecule has 0 saturated heterocycles. The minimum absolute atomic E-state index is 0.0872. The largest absolute Gasteiger partial charge is 0.306 e. The summed E-state index contributed by atoms with van der Waals surface area (Å²) in [5.41, 5.74) is 15.1. The third-order valence-corrected chi connectivity index (χ3v) is 14.3. The van der Waals surface area contributed by atoms with Crippen molar-refractivity contribution in [1.82, 2.24) is 14.1 Å². The number of aromatic nitrogens is 3. The van der Waals surface area contributed by atoms with Crippen LogP contribution in [0, 0.1) is 22.7 Å². The maximum atomic E-state index is 11.3. The average molecular weight is 912 g/mol. The van der Waals surface area contributed by atoms with Crippen molar-refractivity contribution in [3.63, 3.8) is 0 Å². The van der Waals surface area contributed by atoms with Gasteiger partial charge in [0.25, 0.3) is 0 Å². The Labute approximate surface area is 413 Å². The van der Waals surface area contributed by atoms with Gasteiger partial charge in [-0.15, -0.1) is 0 Å². The first kappa shape index (κ1) is 46.0. The summed E-state index contributed by atoms with van der Waals surface area (Å²) < 4.78 is 4.74. The molecule has 0 fully saturated rings. The smallest absolute Gasteiger partial charge is 0.147 e. The lowest BCUT2D eigenvalue weighted by Gasteiger charge is -2.26. The maximum absolute atomic E-state index is 11.3. The number of pyridine rings is 1. The van der Waals surface area contributed by atoms with E-state index in [1.165, 1.54) is 22.3 Å². The van der Waals surface area contributed by atoms with E-state index < -0.39 is 0 Å². The maximum Gasteiger partial charge on any atom is 0.147 e. The second kappa shape index (κ2) is 16.5. The van der Waals surface area contributed by atoms with Crippen LogP contribution >= 0.6 is 0 Å². The second-order valence-electron chi connectivity index (χ2n) is 23.2. The molecule has 0 unspecified atom stereocenters. The average Bonchev–Trinajstić information content (AvgIpc) is 3.83. The Morgan fingerprint density at radius 1 is 0.400 bits per heavy atom. The van der Waals surface area contributed by atoms with Crippen molar-refractivity contribution in [3.8, 4) is 57.2 Å². The zero-order chi connectivity index (χ0) is 49.7. The Hall–Kier alpha value is -7.73. The van der Waals surface area contributed by atoms with Gasteiger partial charge in [0.1, 0.15) is 18.0 Å². The summed E-state index contributed by atoms with van der Waals surface area (Å²) in [5.74, 6) is 0.730. The van der Waals surface area contributed by atoms with E-state index in [4.69, 9.17) is 4.98 Å². The molecule has 3 heterocycles. The molecular formula is C65H61N5. The minimum Gasteiger partial charge on any atom is -0.306 e. The molecule has 0 aliphatic heterocycles. The first-order chi connectivity index (χ1) is 33.2. The molecule has 346 valence electrons. The van der Waals surface area contributed by atoms with Crippen LogP contribution in [0.4, 0.5) is 0 Å². The third-order valence-electron chi connectivity index (χ3n) is 14.3. The van der Waals surface area contributed by atoms with E-state index in [0.717, 1.165) is 83.1 Å². The molecular weight excluding hydrogens is 851 g/mol. The van der Waals surface area contributed by atoms with Crippen LogP contribution in [0.3, 0.4) is 0 Å². The molecule has 10 rings (SSSR count). The Kier molecular flexibility index (Phi) is 10.8. The van der Waals surface area contributed by atoms with E-state index in [0.29, 0.717) is 16.7 Å². The monoisotopic (exact) mass is 911 g/mol. The second-order valence-corrected chi connectivity index (χ2v) is 23.2. The molecule has 0 N–H and O–H groups in total. The minimum atomic E-state index is -0.0999. The molecule has 70 heavy (non-hydrogen) atoms. The van der Waals surface area contributed by atoms with Crippen LogP contribution in [0.1, 0.15) is 116 Å². The molecule has 3 aromatic heterocycles. The molecule has 7 aromatic carbocycles. The Morgan fingerprint density at radius 3 is 1.19 bits per heavy atom. The van der Waals surface area contributed by atoms with Crippen molar-refractivity contribution in [2.45, 2.75) is 105 Å². The quantitative estimate of drug-likeness (QED) is 0.173. The van der Waals surface area contributed by atoms with Crippen LogP contribution in [-0.2, 0) is 21.7 Å². The predicted molar refractivity (Wildman–Crippen MR) is 293 cm³/mol. The Bertz CT molecular complexity index is 3660. The first-order valence-corrected chi connectivity index (χ1v) is 24.5. The van der Waals surface area contributed by atoms with Gasteiger partial charge in [-0.25, -0.2) is 4.98 Å². The summed E-state index contributed by atoms with van der Waals surface area (Å²) in [6, 6.07) is 59.2. The highest BCUT2D eigenvalue weighted by atomic mass is 15.1. The van der Waals surface area contributed by atoms with Crippen LogP contribution in [0.2, 0.25) is 0 Å². The summed E-state index contributed by atoms with van der Waals surface area (Å²) in [6.07, 6.45) is 0. The molecule has 0 bridgehead atoms. The van der Waals surface area contributed by atoms with Gasteiger partial charge in [0.15, 0.2) is 0 Å². The molecule has 0 spiro atoms. The highest BCUT2D eigenvalue weighted by Gasteiger charge is 2.32. The first-order valence-electron chi connectivity index (χ1n) is 24.5. The normalized spacial score (nSPS) is 12.5. The van der Waals surface area contributed by atoms with Gasteiger partial charge in [-0.05, 0) is 104 Å². The third kappa shape index (κ3) is 7.66. The van der Waals surface area contributed by atoms with E-state index in [9.17, 15) is 10.5 Å². The van der Waals surface area contributed by atoms with Gasteiger partial charge in [0.2, 0.25) is 0 Å². The van der Waals surface area contributed by atoms with Gasteiger partial charge in [-0.1, -0.05) is 180 Å². The van der Waals surface area contributed by atoms with Gasteiger partial charge in [0.05, 0.1) is 44.6 Å². The molecule has 0 atom stereocenters. The van der Waals surface area contributed by atoms with Crippen LogP contribution in [0.25, 0.3) is 88.6 Å². The van der Waals surface area contributed by atoms with Gasteiger partial charge < -0.3 is 4.57 Å². The van der Waals surface area contributed by atoms with E-state index in [2.05, 4.69) is 226 Å². The van der Waals surface area contributed by atoms with Gasteiger partial charge in [-0.2, -0.15) is 10.5 Å². The lowest BCUT2D eigenvalue weighted by molar-refractivity contribution is 0.590. The van der Waals surface area contributed by atoms with Gasteiger partial charge in [-0.3, -0.25) is 4.57 Å². The molecule has 0 amide bonds. The highest BCUT2D eigenvalue weighted by Crippen LogP contribution is 2.50. The molecule has 0 aliphatic carbocycles. The molecule has 5 heteroatoms. The fourth-order valence-corrected chi connectivity index (χ4v) is 10.2. The summed E-state index contributed by atoms with van der Waals surface area (Å²) >= 11 is 0. The van der Waals surface area contributed by atoms with Crippen LogP contribution in [0.5, 0.6) is 0 Å². The number of fused-ring (bicyclic) bond motifs is 6. The Balaban J connectivity index is 1.51. The Morgan fingerprint density at radius 2 is 0.800 bits per heavy atom. The summed E-state index contributed by atoms with van der Waals surface area (Å²) in [5, 5.41) is 26.6. The fraction of sp³-hybridized carbons (Fsp3) is 0.246. The summed E-state index contributed by atoms with van der Waals surface area (Å²) in [6.45, 7) is 27.2. The van der Waals surface area contributed by atoms with E-state index >= 15 is 0 Å². The van der Waals surface area contributed by atoms with Crippen molar-refractivity contribution in [3.05, 3.63) is 185 Å². The standard InChI is InChI=1S/C65H61N5/c1-62(2,3)43-26-30-53-48(34-43)49-35-44(63(4,5)6)27-31-54(49)69(53)60-58(47-25-19-24-42(38-66)52(47)39-67)57(40-20-15-13-16-21-40)61(68-59(60)41-22-17-14-18-23-41)70-55-32-28-45(64(7,8)9)36-50(55)51-37-46(65(10,11)12)29-33-56(51)70/h13-37H,1-12H3. The number of nitriles is 2. The molecule has 5 nitrogen and oxygen atoms in total. The van der Waals surface area contributed by atoms with Crippen LogP contribution in [0.15, 0.2) is 152 Å². The molecule has 0 saturated carbocycles. The molecule has 0 radical (unpaired) electrons. The van der Waals surface area contributed by atoms with Crippen molar-refractivity contribution in [2.75, 3.05) is 0 Å². The van der Waals surface area contributed by atoms with Crippen molar-refractivity contribution in [1.29, 1.82) is 10.5 Å². The van der Waals surface area contributed by atoms with E-state index in [-0.39, 0.29) is 21.7 Å². The zero-order valence-electron chi connectivity index (χ0n) is 42.7. The summed E-state index contributed by atoms with van der Waals surface area (Å²) in [4.78, 5) is 6.07. The predicted octanol–water partition coefficient (Wildman–Crippen LogP) is 17.2. The van der Waals surface area contributed by atoms with E-state index in [1.807, 2.05) is 24.3 Å². The van der Waals surface area contributed by atoms with Crippen LogP contribution < -0.4 is 0 Å². The lowest BCUT2D eigenvalue weighted by Crippen LogP contribution is -2.12. The number of hydrogen-bond donors (Lipinski definition) is 0. The molecule has 10 aromatic rings. The number of nitrogens with zero attached hydrogens (tertiary/aromatic N) is 5. The van der Waals surface area contributed by atoms with E-state index in [1.54, 1.807) is 6.07 Å². The zero-order valence-corrected chi connectivity index (χ0v) is 42.7. The summed E-state index contributed by atoms with van der Waals surface area (Å²) in [7, 11) is 0. The number of rotatable bonds is 5. The highest BCUT2D eigenvalue weighted by molar-refractivity contribution is 6.14. The van der Waals surface area contributed by atoms with Crippen molar-refractivity contribution in [2.24, 2.45) is 0 Å². The lowest BCUT2D eigenvalue weighted by atomic mass is 9.85.